The Morgan fingerprint density at radius 1 is 0.486 bits per heavy atom. The zero-order valence-electron chi connectivity index (χ0n) is 48.5. The van der Waals surface area contributed by atoms with Gasteiger partial charge in [-0.1, -0.05) is 124 Å². The van der Waals surface area contributed by atoms with Crippen LogP contribution in [0, 0.1) is 27.7 Å². The van der Waals surface area contributed by atoms with Gasteiger partial charge in [0.15, 0.2) is 0 Å². The highest BCUT2D eigenvalue weighted by Gasteiger charge is 2.53. The van der Waals surface area contributed by atoms with Crippen LogP contribution >= 0.6 is 0 Å². The molecule has 0 bridgehead atoms. The highest BCUT2D eigenvalue weighted by atomic mass is 16.7. The van der Waals surface area contributed by atoms with Crippen molar-refractivity contribution in [1.29, 1.82) is 0 Å². The molecule has 0 aromatic heterocycles. The van der Waals surface area contributed by atoms with Crippen LogP contribution < -0.4 is 10.9 Å². The third kappa shape index (κ3) is 11.8. The predicted molar refractivity (Wildman–Crippen MR) is 306 cm³/mol. The standard InChI is InChI=1S/C32H47BO4.C32H45BO4/c2*1-9-32(10-2,26-12-11-25(23(3)21-26)15-16-31(34)17-19-35-20-18-31)27-13-14-28(24(4)22-27)33-36-29(5,6)30(7,8)37-33/h11-14,21-22,34H,9-10,15-20H2,1-8H3;11-16,21-22,34H,9-10,17-20H2,1-8H3/b;16-15+. The maximum Gasteiger partial charge on any atom is 0.495 e. The Bertz CT molecular complexity index is 2560. The second kappa shape index (κ2) is 22.4. The van der Waals surface area contributed by atoms with Gasteiger partial charge in [-0.3, -0.25) is 0 Å². The fourth-order valence-corrected chi connectivity index (χ4v) is 11.8. The first-order valence-electron chi connectivity index (χ1n) is 28.2. The van der Waals surface area contributed by atoms with Crippen molar-refractivity contribution in [2.24, 2.45) is 0 Å². The lowest BCUT2D eigenvalue weighted by Crippen LogP contribution is -2.41. The summed E-state index contributed by atoms with van der Waals surface area (Å²) in [4.78, 5) is 0. The molecule has 8 nitrogen and oxygen atoms in total. The third-order valence-electron chi connectivity index (χ3n) is 19.0. The van der Waals surface area contributed by atoms with Crippen molar-refractivity contribution >= 4 is 31.2 Å². The highest BCUT2D eigenvalue weighted by molar-refractivity contribution is 6.63. The minimum absolute atomic E-state index is 0.0541. The maximum absolute atomic E-state index is 10.9. The van der Waals surface area contributed by atoms with E-state index in [1.807, 2.05) is 6.08 Å². The van der Waals surface area contributed by atoms with Gasteiger partial charge in [0.1, 0.15) is 0 Å². The quantitative estimate of drug-likeness (QED) is 0.114. The van der Waals surface area contributed by atoms with E-state index in [2.05, 4.69) is 190 Å². The lowest BCUT2D eigenvalue weighted by Gasteiger charge is -2.35. The van der Waals surface area contributed by atoms with Crippen LogP contribution in [0.3, 0.4) is 0 Å². The largest absolute Gasteiger partial charge is 0.495 e. The van der Waals surface area contributed by atoms with Crippen molar-refractivity contribution < 1.29 is 38.3 Å². The minimum Gasteiger partial charge on any atom is -0.399 e. The molecule has 0 aliphatic carbocycles. The van der Waals surface area contributed by atoms with Gasteiger partial charge in [-0.2, -0.15) is 0 Å². The molecule has 0 saturated carbocycles. The van der Waals surface area contributed by atoms with E-state index in [0.29, 0.717) is 39.3 Å². The lowest BCUT2D eigenvalue weighted by atomic mass is 9.67. The molecular formula is C64H92B2O8. The van der Waals surface area contributed by atoms with E-state index in [9.17, 15) is 10.2 Å². The zero-order chi connectivity index (χ0) is 54.1. The number of rotatable bonds is 15. The van der Waals surface area contributed by atoms with Crippen LogP contribution in [0.5, 0.6) is 0 Å². The average molecular weight is 1010 g/mol. The minimum atomic E-state index is -0.767. The molecule has 0 spiro atoms. The first-order chi connectivity index (χ1) is 34.7. The molecule has 74 heavy (non-hydrogen) atoms. The summed E-state index contributed by atoms with van der Waals surface area (Å²) < 4.78 is 36.2. The van der Waals surface area contributed by atoms with Crippen LogP contribution in [-0.2, 0) is 45.3 Å². The Morgan fingerprint density at radius 3 is 1.23 bits per heavy atom. The summed E-state index contributed by atoms with van der Waals surface area (Å²) in [6, 6.07) is 27.4. The van der Waals surface area contributed by atoms with Crippen molar-refractivity contribution in [3.05, 3.63) is 135 Å². The lowest BCUT2D eigenvalue weighted by molar-refractivity contribution is -0.0676. The summed E-state index contributed by atoms with van der Waals surface area (Å²) in [6.45, 7) is 37.2. The molecule has 4 aromatic carbocycles. The Hall–Kier alpha value is -3.57. The van der Waals surface area contributed by atoms with Gasteiger partial charge >= 0.3 is 14.2 Å². The Balaban J connectivity index is 0.000000216. The molecule has 402 valence electrons. The molecule has 10 heteroatoms. The van der Waals surface area contributed by atoms with Gasteiger partial charge in [0.25, 0.3) is 0 Å². The molecule has 0 atom stereocenters. The van der Waals surface area contributed by atoms with E-state index in [1.165, 1.54) is 50.1 Å². The number of ether oxygens (including phenoxy) is 2. The van der Waals surface area contributed by atoms with Gasteiger partial charge in [0.05, 0.1) is 33.6 Å². The topological polar surface area (TPSA) is 95.8 Å². The fraction of sp³-hybridized carbons (Fsp3) is 0.594. The smallest absolute Gasteiger partial charge is 0.399 e. The second-order valence-electron chi connectivity index (χ2n) is 24.5. The number of benzene rings is 4. The van der Waals surface area contributed by atoms with Gasteiger partial charge in [0, 0.05) is 50.1 Å². The predicted octanol–water partition coefficient (Wildman–Crippen LogP) is 12.4. The molecular weight excluding hydrogens is 918 g/mol. The molecule has 4 aliphatic heterocycles. The summed E-state index contributed by atoms with van der Waals surface area (Å²) in [5, 5.41) is 21.8. The van der Waals surface area contributed by atoms with Crippen LogP contribution in [0.25, 0.3) is 6.08 Å². The number of hydrogen-bond acceptors (Lipinski definition) is 8. The normalized spacial score (nSPS) is 20.9. The molecule has 0 radical (unpaired) electrons. The van der Waals surface area contributed by atoms with Crippen molar-refractivity contribution in [2.75, 3.05) is 26.4 Å². The van der Waals surface area contributed by atoms with Crippen molar-refractivity contribution in [3.8, 4) is 0 Å². The highest BCUT2D eigenvalue weighted by Crippen LogP contribution is 2.43. The number of aliphatic hydroxyl groups is 2. The average Bonchev–Trinajstić information content (AvgIpc) is 3.71. The maximum atomic E-state index is 10.9. The van der Waals surface area contributed by atoms with Crippen molar-refractivity contribution in [2.45, 2.75) is 219 Å². The molecule has 0 amide bonds. The Labute approximate surface area is 448 Å². The van der Waals surface area contributed by atoms with Crippen LogP contribution in [0.4, 0.5) is 0 Å². The molecule has 2 N–H and O–H groups in total. The van der Waals surface area contributed by atoms with E-state index in [-0.39, 0.29) is 47.5 Å². The Kier molecular flexibility index (Phi) is 17.6. The third-order valence-corrected chi connectivity index (χ3v) is 19.0. The van der Waals surface area contributed by atoms with Gasteiger partial charge in [-0.05, 0) is 190 Å². The van der Waals surface area contributed by atoms with Crippen LogP contribution in [0.2, 0.25) is 0 Å². The van der Waals surface area contributed by atoms with E-state index in [4.69, 9.17) is 28.1 Å². The molecule has 4 fully saturated rings. The van der Waals surface area contributed by atoms with Crippen LogP contribution in [0.1, 0.15) is 197 Å². The molecule has 8 rings (SSSR count). The zero-order valence-corrected chi connectivity index (χ0v) is 48.5. The van der Waals surface area contributed by atoms with Crippen molar-refractivity contribution in [1.82, 2.24) is 0 Å². The van der Waals surface area contributed by atoms with Gasteiger partial charge in [-0.25, -0.2) is 0 Å². The molecule has 4 aliphatic rings. The van der Waals surface area contributed by atoms with Gasteiger partial charge in [-0.15, -0.1) is 0 Å². The molecule has 0 unspecified atom stereocenters. The first-order valence-corrected chi connectivity index (χ1v) is 28.2. The van der Waals surface area contributed by atoms with E-state index < -0.39 is 11.2 Å². The van der Waals surface area contributed by atoms with Crippen LogP contribution in [0.15, 0.2) is 78.9 Å². The van der Waals surface area contributed by atoms with E-state index >= 15 is 0 Å². The van der Waals surface area contributed by atoms with Crippen LogP contribution in [-0.4, -0.2) is 84.5 Å². The summed E-state index contributed by atoms with van der Waals surface area (Å²) in [6.07, 6.45) is 12.6. The number of hydrogen-bond donors (Lipinski definition) is 2. The number of aryl methyl sites for hydroxylation is 5. The van der Waals surface area contributed by atoms with E-state index in [0.717, 1.165) is 67.9 Å². The molecule has 4 saturated heterocycles. The van der Waals surface area contributed by atoms with Gasteiger partial charge < -0.3 is 38.3 Å². The first kappa shape index (κ1) is 58.1. The molecule has 4 heterocycles. The summed E-state index contributed by atoms with van der Waals surface area (Å²) >= 11 is 0. The Morgan fingerprint density at radius 2 is 0.851 bits per heavy atom. The monoisotopic (exact) mass is 1010 g/mol. The summed E-state index contributed by atoms with van der Waals surface area (Å²) in [5.74, 6) is 0. The second-order valence-corrected chi connectivity index (χ2v) is 24.5. The molecule has 4 aromatic rings. The van der Waals surface area contributed by atoms with Crippen molar-refractivity contribution in [3.63, 3.8) is 0 Å². The van der Waals surface area contributed by atoms with Gasteiger partial charge in [0.2, 0.25) is 0 Å². The SMILES string of the molecule is CCC(CC)(c1ccc(/C=C/C2(O)CCOCC2)c(C)c1)c1ccc(B2OC(C)(C)C(C)(C)O2)c(C)c1.CCC(CC)(c1ccc(CCC2(O)CCOCC2)c(C)c1)c1ccc(B2OC(C)(C)C(C)(C)O2)c(C)c1. The van der Waals surface area contributed by atoms with E-state index in [1.54, 1.807) is 0 Å². The summed E-state index contributed by atoms with van der Waals surface area (Å²) in [5.41, 5.74) is 12.1. The fourth-order valence-electron chi connectivity index (χ4n) is 11.8. The summed E-state index contributed by atoms with van der Waals surface area (Å²) in [7, 11) is -0.695.